The summed E-state index contributed by atoms with van der Waals surface area (Å²) in [4.78, 5) is 0. The summed E-state index contributed by atoms with van der Waals surface area (Å²) in [7, 11) is 0. The van der Waals surface area contributed by atoms with Gasteiger partial charge in [-0.2, -0.15) is 0 Å². The molecule has 22 heavy (non-hydrogen) atoms. The van der Waals surface area contributed by atoms with Crippen LogP contribution in [0.1, 0.15) is 52.9 Å². The van der Waals surface area contributed by atoms with Gasteiger partial charge in [0.25, 0.3) is 0 Å². The third-order valence-corrected chi connectivity index (χ3v) is 4.59. The molecule has 3 atom stereocenters. The van der Waals surface area contributed by atoms with Gasteiger partial charge in [0.1, 0.15) is 6.79 Å². The largest absolute Gasteiger partial charge is 0.368 e. The van der Waals surface area contributed by atoms with Crippen LogP contribution in [0.15, 0.2) is 0 Å². The van der Waals surface area contributed by atoms with E-state index in [0.717, 1.165) is 32.1 Å². The first-order chi connectivity index (χ1) is 10.4. The Hall–Kier alpha value is -0.240. The number of aliphatic hydroxyl groups excluding tert-OH is 2. The summed E-state index contributed by atoms with van der Waals surface area (Å²) in [6.45, 7) is 6.63. The molecule has 0 amide bonds. The molecule has 1 fully saturated rings. The van der Waals surface area contributed by atoms with Crippen LogP contribution in [0.3, 0.4) is 0 Å². The fourth-order valence-corrected chi connectivity index (χ4v) is 2.49. The van der Waals surface area contributed by atoms with Gasteiger partial charge in [-0.15, -0.1) is 0 Å². The van der Waals surface area contributed by atoms with E-state index in [2.05, 4.69) is 0 Å². The standard InChI is InChI=1S/C16H32O6/c1-4-16(2,3)15(19)21-10-9-20-11-22-13-8-6-5-7-12(13)14(17)18/h12-15,17-19H,4-11H2,1-3H3. The Kier molecular flexibility index (Phi) is 8.82. The van der Waals surface area contributed by atoms with Gasteiger partial charge in [-0.05, 0) is 19.3 Å². The van der Waals surface area contributed by atoms with Crippen molar-refractivity contribution in [2.24, 2.45) is 11.3 Å². The summed E-state index contributed by atoms with van der Waals surface area (Å²) < 4.78 is 16.3. The van der Waals surface area contributed by atoms with Crippen LogP contribution < -0.4 is 0 Å². The van der Waals surface area contributed by atoms with Gasteiger partial charge in [-0.3, -0.25) is 0 Å². The van der Waals surface area contributed by atoms with E-state index in [1.165, 1.54) is 0 Å². The monoisotopic (exact) mass is 320 g/mol. The van der Waals surface area contributed by atoms with Gasteiger partial charge in [-0.1, -0.05) is 33.6 Å². The van der Waals surface area contributed by atoms with Crippen LogP contribution in [0.5, 0.6) is 0 Å². The summed E-state index contributed by atoms with van der Waals surface area (Å²) in [6.07, 6.45) is 2.14. The minimum Gasteiger partial charge on any atom is -0.368 e. The third kappa shape index (κ3) is 6.48. The maximum absolute atomic E-state index is 9.87. The smallest absolute Gasteiger partial charge is 0.159 e. The molecule has 0 aromatic rings. The van der Waals surface area contributed by atoms with Crippen molar-refractivity contribution < 1.29 is 29.5 Å². The number of ether oxygens (including phenoxy) is 3. The van der Waals surface area contributed by atoms with Crippen LogP contribution in [0.4, 0.5) is 0 Å². The minimum absolute atomic E-state index is 0.102. The summed E-state index contributed by atoms with van der Waals surface area (Å²) in [5, 5.41) is 28.5. The van der Waals surface area contributed by atoms with Gasteiger partial charge in [-0.25, -0.2) is 0 Å². The highest BCUT2D eigenvalue weighted by Gasteiger charge is 2.30. The van der Waals surface area contributed by atoms with Crippen LogP contribution in [-0.4, -0.2) is 54.0 Å². The Morgan fingerprint density at radius 2 is 1.77 bits per heavy atom. The van der Waals surface area contributed by atoms with E-state index in [-0.39, 0.29) is 24.2 Å². The molecule has 132 valence electrons. The van der Waals surface area contributed by atoms with Gasteiger partial charge in [0.05, 0.1) is 19.3 Å². The first-order valence-electron chi connectivity index (χ1n) is 8.23. The average Bonchev–Trinajstić information content (AvgIpc) is 2.50. The molecule has 0 aromatic heterocycles. The zero-order valence-electron chi connectivity index (χ0n) is 14.0. The van der Waals surface area contributed by atoms with Crippen LogP contribution in [0.2, 0.25) is 0 Å². The molecular weight excluding hydrogens is 288 g/mol. The minimum atomic E-state index is -1.33. The van der Waals surface area contributed by atoms with E-state index in [1.54, 1.807) is 0 Å². The van der Waals surface area contributed by atoms with Gasteiger partial charge in [0.15, 0.2) is 12.6 Å². The second-order valence-electron chi connectivity index (χ2n) is 6.66. The highest BCUT2D eigenvalue weighted by Crippen LogP contribution is 2.28. The second-order valence-corrected chi connectivity index (χ2v) is 6.66. The van der Waals surface area contributed by atoms with Crippen molar-refractivity contribution in [3.8, 4) is 0 Å². The van der Waals surface area contributed by atoms with E-state index in [1.807, 2.05) is 20.8 Å². The highest BCUT2D eigenvalue weighted by atomic mass is 16.7. The van der Waals surface area contributed by atoms with E-state index in [9.17, 15) is 15.3 Å². The predicted molar refractivity (Wildman–Crippen MR) is 81.9 cm³/mol. The maximum Gasteiger partial charge on any atom is 0.159 e. The molecule has 1 aliphatic rings. The SMILES string of the molecule is CCC(C)(C)C(O)OCCOCOC1CCCCC1C(O)O. The van der Waals surface area contributed by atoms with Gasteiger partial charge in [0.2, 0.25) is 0 Å². The third-order valence-electron chi connectivity index (χ3n) is 4.59. The normalized spacial score (nSPS) is 24.7. The molecule has 0 heterocycles. The van der Waals surface area contributed by atoms with Crippen molar-refractivity contribution in [2.45, 2.75) is 71.6 Å². The summed E-state index contributed by atoms with van der Waals surface area (Å²) in [5.41, 5.74) is -0.275. The lowest BCUT2D eigenvalue weighted by molar-refractivity contribution is -0.194. The molecule has 1 rings (SSSR count). The van der Waals surface area contributed by atoms with Crippen molar-refractivity contribution in [3.63, 3.8) is 0 Å². The van der Waals surface area contributed by atoms with Crippen LogP contribution in [-0.2, 0) is 14.2 Å². The van der Waals surface area contributed by atoms with Crippen molar-refractivity contribution in [1.29, 1.82) is 0 Å². The van der Waals surface area contributed by atoms with Gasteiger partial charge < -0.3 is 29.5 Å². The topological polar surface area (TPSA) is 88.4 Å². The van der Waals surface area contributed by atoms with Gasteiger partial charge >= 0.3 is 0 Å². The molecule has 6 nitrogen and oxygen atoms in total. The molecule has 0 spiro atoms. The summed E-state index contributed by atoms with van der Waals surface area (Å²) in [5.74, 6) is -0.235. The quantitative estimate of drug-likeness (QED) is 0.419. The van der Waals surface area contributed by atoms with Crippen molar-refractivity contribution in [3.05, 3.63) is 0 Å². The van der Waals surface area contributed by atoms with E-state index in [4.69, 9.17) is 14.2 Å². The molecular formula is C16H32O6. The molecule has 0 bridgehead atoms. The van der Waals surface area contributed by atoms with E-state index >= 15 is 0 Å². The molecule has 6 heteroatoms. The molecule has 0 aliphatic heterocycles. The predicted octanol–water partition coefficient (Wildman–Crippen LogP) is 1.62. The summed E-state index contributed by atoms with van der Waals surface area (Å²) in [6, 6.07) is 0. The number of hydrogen-bond acceptors (Lipinski definition) is 6. The Morgan fingerprint density at radius 1 is 1.09 bits per heavy atom. The Bertz CT molecular complexity index is 294. The van der Waals surface area contributed by atoms with Gasteiger partial charge in [0, 0.05) is 11.3 Å². The number of hydrogen-bond donors (Lipinski definition) is 3. The summed E-state index contributed by atoms with van der Waals surface area (Å²) >= 11 is 0. The Balaban J connectivity index is 2.12. The zero-order valence-corrected chi connectivity index (χ0v) is 14.0. The second kappa shape index (κ2) is 9.80. The maximum atomic E-state index is 9.87. The first-order valence-corrected chi connectivity index (χ1v) is 8.23. The average molecular weight is 320 g/mol. The van der Waals surface area contributed by atoms with E-state index in [0.29, 0.717) is 13.2 Å². The lowest BCUT2D eigenvalue weighted by atomic mass is 9.86. The zero-order chi connectivity index (χ0) is 16.6. The van der Waals surface area contributed by atoms with E-state index < -0.39 is 12.6 Å². The molecule has 0 saturated heterocycles. The fraction of sp³-hybridized carbons (Fsp3) is 1.00. The van der Waals surface area contributed by atoms with Crippen molar-refractivity contribution in [2.75, 3.05) is 20.0 Å². The van der Waals surface area contributed by atoms with Crippen LogP contribution in [0, 0.1) is 11.3 Å². The Morgan fingerprint density at radius 3 is 2.41 bits per heavy atom. The molecule has 1 saturated carbocycles. The molecule has 3 unspecified atom stereocenters. The molecule has 3 N–H and O–H groups in total. The van der Waals surface area contributed by atoms with Crippen LogP contribution >= 0.6 is 0 Å². The molecule has 0 aromatic carbocycles. The van der Waals surface area contributed by atoms with Crippen molar-refractivity contribution in [1.82, 2.24) is 0 Å². The lowest BCUT2D eigenvalue weighted by Gasteiger charge is -2.32. The molecule has 0 radical (unpaired) electrons. The first kappa shape index (κ1) is 19.8. The Labute approximate surface area is 133 Å². The molecule has 1 aliphatic carbocycles. The number of aliphatic hydroxyl groups is 3. The highest BCUT2D eigenvalue weighted by molar-refractivity contribution is 4.77. The number of rotatable bonds is 10. The van der Waals surface area contributed by atoms with Crippen LogP contribution in [0.25, 0.3) is 0 Å². The lowest BCUT2D eigenvalue weighted by Crippen LogP contribution is -2.37. The fourth-order valence-electron chi connectivity index (χ4n) is 2.49. The van der Waals surface area contributed by atoms with Crippen molar-refractivity contribution >= 4 is 0 Å².